The lowest BCUT2D eigenvalue weighted by molar-refractivity contribution is 0.474. The largest absolute Gasteiger partial charge is 0.317 e. The van der Waals surface area contributed by atoms with Crippen LogP contribution in [0.5, 0.6) is 0 Å². The van der Waals surface area contributed by atoms with Crippen molar-refractivity contribution in [1.82, 2.24) is 5.32 Å². The summed E-state index contributed by atoms with van der Waals surface area (Å²) >= 11 is 0. The van der Waals surface area contributed by atoms with E-state index in [-0.39, 0.29) is 0 Å². The van der Waals surface area contributed by atoms with Crippen molar-refractivity contribution in [1.29, 1.82) is 0 Å². The molecule has 0 bridgehead atoms. The van der Waals surface area contributed by atoms with Gasteiger partial charge in [0.2, 0.25) is 0 Å². The standard InChI is InChI=1S/C17H27N/c1-3-18-12-11-14(2)7-8-15-9-10-16-5-4-6-17(16)13-15/h9-10,13-14,18H,3-8,11-12H2,1-2H3. The molecule has 1 aromatic carbocycles. The Balaban J connectivity index is 1.76. The Morgan fingerprint density at radius 3 is 2.83 bits per heavy atom. The topological polar surface area (TPSA) is 12.0 Å². The fraction of sp³-hybridized carbons (Fsp3) is 0.647. The highest BCUT2D eigenvalue weighted by molar-refractivity contribution is 5.35. The van der Waals surface area contributed by atoms with Crippen molar-refractivity contribution in [2.75, 3.05) is 13.1 Å². The van der Waals surface area contributed by atoms with E-state index in [1.165, 1.54) is 45.1 Å². The summed E-state index contributed by atoms with van der Waals surface area (Å²) < 4.78 is 0. The van der Waals surface area contributed by atoms with Crippen molar-refractivity contribution in [2.45, 2.75) is 52.4 Å². The molecule has 100 valence electrons. The van der Waals surface area contributed by atoms with E-state index >= 15 is 0 Å². The normalized spacial score (nSPS) is 15.7. The van der Waals surface area contributed by atoms with Crippen LogP contribution in [0.15, 0.2) is 18.2 Å². The van der Waals surface area contributed by atoms with Gasteiger partial charge in [0.05, 0.1) is 0 Å². The molecule has 0 radical (unpaired) electrons. The monoisotopic (exact) mass is 245 g/mol. The fourth-order valence-electron chi connectivity index (χ4n) is 2.86. The average Bonchev–Trinajstić information content (AvgIpc) is 2.84. The summed E-state index contributed by atoms with van der Waals surface area (Å²) in [6, 6.07) is 7.17. The van der Waals surface area contributed by atoms with Crippen LogP contribution in [0.2, 0.25) is 0 Å². The molecule has 0 amide bonds. The number of rotatable bonds is 7. The van der Waals surface area contributed by atoms with Crippen molar-refractivity contribution < 1.29 is 0 Å². The second kappa shape index (κ2) is 6.94. The Kier molecular flexibility index (Phi) is 5.25. The minimum atomic E-state index is 0.831. The molecule has 1 heteroatoms. The Morgan fingerprint density at radius 2 is 2.00 bits per heavy atom. The molecule has 0 fully saturated rings. The zero-order valence-corrected chi connectivity index (χ0v) is 12.0. The molecule has 1 nitrogen and oxygen atoms in total. The van der Waals surface area contributed by atoms with E-state index in [2.05, 4.69) is 37.4 Å². The van der Waals surface area contributed by atoms with Crippen LogP contribution >= 0.6 is 0 Å². The van der Waals surface area contributed by atoms with E-state index < -0.39 is 0 Å². The SMILES string of the molecule is CCNCCC(C)CCc1ccc2c(c1)CCC2. The van der Waals surface area contributed by atoms with Crippen LogP contribution in [-0.4, -0.2) is 13.1 Å². The van der Waals surface area contributed by atoms with Crippen molar-refractivity contribution in [3.05, 3.63) is 34.9 Å². The molecule has 1 atom stereocenters. The van der Waals surface area contributed by atoms with E-state index in [9.17, 15) is 0 Å². The molecule has 1 N–H and O–H groups in total. The molecule has 0 saturated carbocycles. The van der Waals surface area contributed by atoms with Crippen LogP contribution in [0.25, 0.3) is 0 Å². The molecule has 1 unspecified atom stereocenters. The molecule has 1 aliphatic carbocycles. The third kappa shape index (κ3) is 3.84. The molecule has 1 aliphatic rings. The number of hydrogen-bond acceptors (Lipinski definition) is 1. The van der Waals surface area contributed by atoms with Crippen molar-refractivity contribution in [3.8, 4) is 0 Å². The maximum atomic E-state index is 3.41. The average molecular weight is 245 g/mol. The zero-order valence-electron chi connectivity index (χ0n) is 12.0. The fourth-order valence-corrected chi connectivity index (χ4v) is 2.86. The Labute approximate surface area is 112 Å². The van der Waals surface area contributed by atoms with Gasteiger partial charge in [-0.25, -0.2) is 0 Å². The zero-order chi connectivity index (χ0) is 12.8. The molecule has 2 rings (SSSR count). The predicted octanol–water partition coefficient (Wildman–Crippen LogP) is 3.74. The summed E-state index contributed by atoms with van der Waals surface area (Å²) in [7, 11) is 0. The summed E-state index contributed by atoms with van der Waals surface area (Å²) in [5, 5.41) is 3.41. The maximum Gasteiger partial charge on any atom is -0.00465 e. The lowest BCUT2D eigenvalue weighted by Crippen LogP contribution is -2.16. The first kappa shape index (κ1) is 13.6. The molecule has 18 heavy (non-hydrogen) atoms. The van der Waals surface area contributed by atoms with E-state index in [0.29, 0.717) is 0 Å². The molecule has 0 aliphatic heterocycles. The van der Waals surface area contributed by atoms with Crippen molar-refractivity contribution >= 4 is 0 Å². The Morgan fingerprint density at radius 1 is 1.17 bits per heavy atom. The van der Waals surface area contributed by atoms with Crippen molar-refractivity contribution in [3.63, 3.8) is 0 Å². The molecule has 0 aromatic heterocycles. The molecular formula is C17H27N. The van der Waals surface area contributed by atoms with Gasteiger partial charge < -0.3 is 5.32 Å². The summed E-state index contributed by atoms with van der Waals surface area (Å²) in [5.41, 5.74) is 4.76. The third-order valence-corrected chi connectivity index (χ3v) is 4.15. The predicted molar refractivity (Wildman–Crippen MR) is 79.1 cm³/mol. The lowest BCUT2D eigenvalue weighted by atomic mass is 9.96. The van der Waals surface area contributed by atoms with Gasteiger partial charge in [-0.1, -0.05) is 32.0 Å². The van der Waals surface area contributed by atoms with Gasteiger partial charge in [0.15, 0.2) is 0 Å². The smallest absolute Gasteiger partial charge is 0.00465 e. The van der Waals surface area contributed by atoms with Crippen LogP contribution in [-0.2, 0) is 19.3 Å². The van der Waals surface area contributed by atoms with Gasteiger partial charge >= 0.3 is 0 Å². The molecule has 0 saturated heterocycles. The number of benzene rings is 1. The summed E-state index contributed by atoms with van der Waals surface area (Å²) in [5.74, 6) is 0.831. The second-order valence-electron chi connectivity index (χ2n) is 5.74. The molecule has 0 heterocycles. The van der Waals surface area contributed by atoms with Gasteiger partial charge in [-0.2, -0.15) is 0 Å². The highest BCUT2D eigenvalue weighted by Crippen LogP contribution is 2.24. The highest BCUT2D eigenvalue weighted by atomic mass is 14.8. The lowest BCUT2D eigenvalue weighted by Gasteiger charge is -2.12. The van der Waals surface area contributed by atoms with E-state index in [0.717, 1.165) is 12.5 Å². The molecule has 0 spiro atoms. The first-order valence-corrected chi connectivity index (χ1v) is 7.61. The summed E-state index contributed by atoms with van der Waals surface area (Å²) in [6.07, 6.45) is 7.84. The molecule has 1 aromatic rings. The first-order chi connectivity index (χ1) is 8.79. The van der Waals surface area contributed by atoms with Gasteiger partial charge in [-0.05, 0) is 74.2 Å². The number of fused-ring (bicyclic) bond motifs is 1. The second-order valence-corrected chi connectivity index (χ2v) is 5.74. The van der Waals surface area contributed by atoms with Crippen LogP contribution < -0.4 is 5.32 Å². The summed E-state index contributed by atoms with van der Waals surface area (Å²) in [6.45, 7) is 6.82. The van der Waals surface area contributed by atoms with Gasteiger partial charge in [0.1, 0.15) is 0 Å². The quantitative estimate of drug-likeness (QED) is 0.722. The van der Waals surface area contributed by atoms with E-state index in [4.69, 9.17) is 0 Å². The van der Waals surface area contributed by atoms with E-state index in [1.807, 2.05) is 0 Å². The number of nitrogens with one attached hydrogen (secondary N) is 1. The van der Waals surface area contributed by atoms with Crippen LogP contribution in [0.1, 0.15) is 49.8 Å². The van der Waals surface area contributed by atoms with Crippen LogP contribution in [0, 0.1) is 5.92 Å². The molecular weight excluding hydrogens is 218 g/mol. The van der Waals surface area contributed by atoms with E-state index in [1.54, 1.807) is 16.7 Å². The van der Waals surface area contributed by atoms with Gasteiger partial charge in [0, 0.05) is 0 Å². The number of aryl methyl sites for hydroxylation is 3. The van der Waals surface area contributed by atoms with Gasteiger partial charge in [-0.3, -0.25) is 0 Å². The first-order valence-electron chi connectivity index (χ1n) is 7.61. The van der Waals surface area contributed by atoms with Crippen LogP contribution in [0.3, 0.4) is 0 Å². The minimum absolute atomic E-state index is 0.831. The highest BCUT2D eigenvalue weighted by Gasteiger charge is 2.11. The number of hydrogen-bond donors (Lipinski definition) is 1. The van der Waals surface area contributed by atoms with Gasteiger partial charge in [-0.15, -0.1) is 0 Å². The maximum absolute atomic E-state index is 3.41. The third-order valence-electron chi connectivity index (χ3n) is 4.15. The Bertz CT molecular complexity index is 370. The van der Waals surface area contributed by atoms with Gasteiger partial charge in [0.25, 0.3) is 0 Å². The summed E-state index contributed by atoms with van der Waals surface area (Å²) in [4.78, 5) is 0. The van der Waals surface area contributed by atoms with Crippen molar-refractivity contribution in [2.24, 2.45) is 5.92 Å². The minimum Gasteiger partial charge on any atom is -0.317 e. The Hall–Kier alpha value is -0.820. The van der Waals surface area contributed by atoms with Crippen LogP contribution in [0.4, 0.5) is 0 Å².